The van der Waals surface area contributed by atoms with E-state index in [1.165, 1.54) is 0 Å². The number of carboxylic acid groups (broad SMARTS) is 1. The summed E-state index contributed by atoms with van der Waals surface area (Å²) in [5.41, 5.74) is 0.953. The number of hydrogen-bond acceptors (Lipinski definition) is 5. The van der Waals surface area contributed by atoms with Crippen LogP contribution in [0.4, 0.5) is 4.79 Å². The van der Waals surface area contributed by atoms with Crippen LogP contribution >= 0.6 is 0 Å². The third-order valence-corrected chi connectivity index (χ3v) is 4.09. The van der Waals surface area contributed by atoms with Gasteiger partial charge in [-0.2, -0.15) is 0 Å². The molecule has 1 aliphatic heterocycles. The van der Waals surface area contributed by atoms with Gasteiger partial charge in [-0.15, -0.1) is 0 Å². The highest BCUT2D eigenvalue weighted by Crippen LogP contribution is 2.09. The van der Waals surface area contributed by atoms with Crippen LogP contribution in [0, 0.1) is 0 Å². The molecule has 0 saturated carbocycles. The Hall–Kier alpha value is -2.12. The van der Waals surface area contributed by atoms with Gasteiger partial charge in [-0.25, -0.2) is 4.79 Å². The second kappa shape index (κ2) is 10.0. The van der Waals surface area contributed by atoms with E-state index in [4.69, 9.17) is 14.6 Å². The van der Waals surface area contributed by atoms with E-state index in [-0.39, 0.29) is 31.3 Å². The number of hydrogen-bond donors (Lipinski definition) is 2. The lowest BCUT2D eigenvalue weighted by atomic mass is 10.1. The molecule has 138 valence electrons. The molecule has 0 bridgehead atoms. The molecule has 1 saturated heterocycles. The van der Waals surface area contributed by atoms with Crippen molar-refractivity contribution in [3.8, 4) is 0 Å². The largest absolute Gasteiger partial charge is 0.481 e. The van der Waals surface area contributed by atoms with Gasteiger partial charge in [-0.3, -0.25) is 4.79 Å². The average molecular weight is 350 g/mol. The van der Waals surface area contributed by atoms with Crippen molar-refractivity contribution in [2.45, 2.75) is 38.5 Å². The summed E-state index contributed by atoms with van der Waals surface area (Å²) in [6.07, 6.45) is 0.240. The van der Waals surface area contributed by atoms with E-state index in [0.29, 0.717) is 32.7 Å². The molecule has 0 aromatic heterocycles. The Balaban J connectivity index is 1.70. The first kappa shape index (κ1) is 19.2. The number of benzene rings is 1. The first-order valence-electron chi connectivity index (χ1n) is 8.57. The van der Waals surface area contributed by atoms with E-state index in [0.717, 1.165) is 5.56 Å². The molecule has 25 heavy (non-hydrogen) atoms. The highest BCUT2D eigenvalue weighted by atomic mass is 16.6. The Bertz CT molecular complexity index is 552. The maximum absolute atomic E-state index is 12.2. The summed E-state index contributed by atoms with van der Waals surface area (Å²) in [5.74, 6) is -0.796. The number of carboxylic acids is 1. The lowest BCUT2D eigenvalue weighted by Gasteiger charge is -2.33. The summed E-state index contributed by atoms with van der Waals surface area (Å²) < 4.78 is 11.0. The second-order valence-corrected chi connectivity index (χ2v) is 6.22. The molecule has 2 atom stereocenters. The van der Waals surface area contributed by atoms with Gasteiger partial charge in [0.2, 0.25) is 0 Å². The van der Waals surface area contributed by atoms with E-state index in [9.17, 15) is 9.59 Å². The highest BCUT2D eigenvalue weighted by Gasteiger charge is 2.25. The summed E-state index contributed by atoms with van der Waals surface area (Å²) in [6.45, 7) is 4.22. The van der Waals surface area contributed by atoms with E-state index in [2.05, 4.69) is 5.32 Å². The van der Waals surface area contributed by atoms with Crippen molar-refractivity contribution >= 4 is 12.1 Å². The van der Waals surface area contributed by atoms with Crippen molar-refractivity contribution in [2.75, 3.05) is 26.2 Å². The number of aliphatic carboxylic acids is 1. The monoisotopic (exact) mass is 350 g/mol. The average Bonchev–Trinajstić information content (AvgIpc) is 2.63. The zero-order chi connectivity index (χ0) is 18.1. The first-order valence-corrected chi connectivity index (χ1v) is 8.57. The number of rotatable bonds is 8. The summed E-state index contributed by atoms with van der Waals surface area (Å²) in [4.78, 5) is 24.4. The topological polar surface area (TPSA) is 88.1 Å². The molecule has 1 heterocycles. The second-order valence-electron chi connectivity index (χ2n) is 6.22. The smallest absolute Gasteiger partial charge is 0.410 e. The van der Waals surface area contributed by atoms with E-state index in [1.54, 1.807) is 4.90 Å². The summed E-state index contributed by atoms with van der Waals surface area (Å²) >= 11 is 0. The minimum Gasteiger partial charge on any atom is -0.481 e. The summed E-state index contributed by atoms with van der Waals surface area (Å²) in [7, 11) is 0. The van der Waals surface area contributed by atoms with Crippen LogP contribution in [0.3, 0.4) is 0 Å². The van der Waals surface area contributed by atoms with Crippen LogP contribution in [0.25, 0.3) is 0 Å². The molecule has 7 nitrogen and oxygen atoms in total. The molecular weight excluding hydrogens is 324 g/mol. The van der Waals surface area contributed by atoms with Gasteiger partial charge in [0.25, 0.3) is 0 Å². The van der Waals surface area contributed by atoms with Gasteiger partial charge < -0.3 is 24.8 Å². The number of morpholine rings is 1. The van der Waals surface area contributed by atoms with Crippen molar-refractivity contribution in [2.24, 2.45) is 0 Å². The van der Waals surface area contributed by atoms with Crippen LogP contribution in [0.1, 0.15) is 25.3 Å². The van der Waals surface area contributed by atoms with Crippen molar-refractivity contribution in [3.05, 3.63) is 35.9 Å². The highest BCUT2D eigenvalue weighted by molar-refractivity contribution is 5.67. The van der Waals surface area contributed by atoms with Gasteiger partial charge in [0, 0.05) is 25.6 Å². The maximum Gasteiger partial charge on any atom is 0.410 e. The lowest BCUT2D eigenvalue weighted by Crippen LogP contribution is -2.50. The van der Waals surface area contributed by atoms with Gasteiger partial charge in [0.05, 0.1) is 19.3 Å². The van der Waals surface area contributed by atoms with Crippen molar-refractivity contribution in [1.82, 2.24) is 10.2 Å². The Kier molecular flexibility index (Phi) is 7.69. The standard InChI is InChI=1S/C18H26N2O5/c1-14(7-8-17(21)22)19-11-16-12-20(9-10-24-16)18(23)25-13-15-5-3-2-4-6-15/h2-6,14,16,19H,7-13H2,1H3,(H,21,22). The van der Waals surface area contributed by atoms with Crippen LogP contribution in [-0.4, -0.2) is 60.5 Å². The molecule has 2 unspecified atom stereocenters. The number of nitrogens with zero attached hydrogens (tertiary/aromatic N) is 1. The quantitative estimate of drug-likeness (QED) is 0.744. The van der Waals surface area contributed by atoms with Gasteiger partial charge in [0.1, 0.15) is 6.61 Å². The molecule has 1 amide bonds. The molecule has 0 aliphatic carbocycles. The third kappa shape index (κ3) is 7.11. The predicted octanol–water partition coefficient (Wildman–Crippen LogP) is 1.87. The fourth-order valence-corrected chi connectivity index (χ4v) is 2.59. The van der Waals surface area contributed by atoms with Gasteiger partial charge >= 0.3 is 12.1 Å². The molecule has 0 spiro atoms. The minimum atomic E-state index is -0.796. The molecule has 7 heteroatoms. The Labute approximate surface area is 147 Å². The number of amides is 1. The molecule has 1 aromatic rings. The molecule has 0 radical (unpaired) electrons. The SMILES string of the molecule is CC(CCC(=O)O)NCC1CN(C(=O)OCc2ccccc2)CCO1. The van der Waals surface area contributed by atoms with Crippen LogP contribution < -0.4 is 5.32 Å². The van der Waals surface area contributed by atoms with Crippen LogP contribution in [0.5, 0.6) is 0 Å². The first-order chi connectivity index (χ1) is 12.0. The number of ether oxygens (including phenoxy) is 2. The summed E-state index contributed by atoms with van der Waals surface area (Å²) in [6, 6.07) is 9.65. The van der Waals surface area contributed by atoms with E-state index < -0.39 is 5.97 Å². The molecule has 2 N–H and O–H groups in total. The van der Waals surface area contributed by atoms with Crippen LogP contribution in [0.15, 0.2) is 30.3 Å². The molecule has 1 aliphatic rings. The Morgan fingerprint density at radius 2 is 2.16 bits per heavy atom. The molecule has 2 rings (SSSR count). The van der Waals surface area contributed by atoms with Crippen molar-refractivity contribution < 1.29 is 24.2 Å². The maximum atomic E-state index is 12.2. The third-order valence-electron chi connectivity index (χ3n) is 4.09. The van der Waals surface area contributed by atoms with Gasteiger partial charge in [-0.05, 0) is 18.9 Å². The lowest BCUT2D eigenvalue weighted by molar-refractivity contribution is -0.137. The number of nitrogens with one attached hydrogen (secondary N) is 1. The Morgan fingerprint density at radius 3 is 2.88 bits per heavy atom. The van der Waals surface area contributed by atoms with E-state index in [1.807, 2.05) is 37.3 Å². The fraction of sp³-hybridized carbons (Fsp3) is 0.556. The van der Waals surface area contributed by atoms with Gasteiger partial charge in [-0.1, -0.05) is 30.3 Å². The normalized spacial score (nSPS) is 18.6. The number of carbonyl (C=O) groups excluding carboxylic acids is 1. The molecule has 1 fully saturated rings. The summed E-state index contributed by atoms with van der Waals surface area (Å²) in [5, 5.41) is 12.0. The van der Waals surface area contributed by atoms with E-state index >= 15 is 0 Å². The van der Waals surface area contributed by atoms with Crippen molar-refractivity contribution in [1.29, 1.82) is 0 Å². The Morgan fingerprint density at radius 1 is 1.40 bits per heavy atom. The van der Waals surface area contributed by atoms with Crippen LogP contribution in [0.2, 0.25) is 0 Å². The predicted molar refractivity (Wildman–Crippen MR) is 92.3 cm³/mol. The molecule has 1 aromatic carbocycles. The molecular formula is C18H26N2O5. The fourth-order valence-electron chi connectivity index (χ4n) is 2.59. The van der Waals surface area contributed by atoms with Gasteiger partial charge in [0.15, 0.2) is 0 Å². The van der Waals surface area contributed by atoms with Crippen LogP contribution in [-0.2, 0) is 20.9 Å². The zero-order valence-corrected chi connectivity index (χ0v) is 14.5. The zero-order valence-electron chi connectivity index (χ0n) is 14.5. The van der Waals surface area contributed by atoms with Crippen molar-refractivity contribution in [3.63, 3.8) is 0 Å². The minimum absolute atomic E-state index is 0.0834. The number of carbonyl (C=O) groups is 2.